The summed E-state index contributed by atoms with van der Waals surface area (Å²) in [4.78, 5) is 4.75. The lowest BCUT2D eigenvalue weighted by Gasteiger charge is -2.05. The average molecular weight is 243 g/mol. The van der Waals surface area contributed by atoms with Gasteiger partial charge in [0.1, 0.15) is 0 Å². The molecule has 0 N–H and O–H groups in total. The summed E-state index contributed by atoms with van der Waals surface area (Å²) in [7, 11) is -0.287. The molecule has 0 amide bonds. The molecule has 0 saturated heterocycles. The smallest absolute Gasteiger partial charge is 0.0709 e. The predicted molar refractivity (Wildman–Crippen MR) is 79.2 cm³/mol. The Morgan fingerprint density at radius 2 is 1.82 bits per heavy atom. The Morgan fingerprint density at radius 3 is 2.35 bits per heavy atom. The van der Waals surface area contributed by atoms with E-state index in [0.717, 1.165) is 0 Å². The molecular weight excluding hydrogens is 222 g/mol. The van der Waals surface area contributed by atoms with Crippen LogP contribution >= 0.6 is 0 Å². The number of allylic oxidation sites excluding steroid dienone is 6. The van der Waals surface area contributed by atoms with Crippen LogP contribution in [0.5, 0.6) is 0 Å². The fourth-order valence-electron chi connectivity index (χ4n) is 2.23. The van der Waals surface area contributed by atoms with Crippen LogP contribution in [0, 0.1) is 11.8 Å². The minimum atomic E-state index is -0.287. The first kappa shape index (κ1) is 12.4. The molecular formula is C15H21NSi. The zero-order valence-electron chi connectivity index (χ0n) is 11.4. The van der Waals surface area contributed by atoms with E-state index in [-0.39, 0.29) is 8.41 Å². The second kappa shape index (κ2) is 4.69. The van der Waals surface area contributed by atoms with Crippen LogP contribution in [0.2, 0.25) is 13.1 Å². The normalized spacial score (nSPS) is 19.4. The Morgan fingerprint density at radius 1 is 1.12 bits per heavy atom. The molecule has 1 aliphatic heterocycles. The van der Waals surface area contributed by atoms with E-state index in [1.807, 2.05) is 0 Å². The highest BCUT2D eigenvalue weighted by Gasteiger charge is 2.21. The van der Waals surface area contributed by atoms with E-state index >= 15 is 0 Å². The molecule has 0 aromatic heterocycles. The van der Waals surface area contributed by atoms with Gasteiger partial charge in [-0.15, -0.1) is 0 Å². The summed E-state index contributed by atoms with van der Waals surface area (Å²) < 4.78 is 0. The molecule has 1 heterocycles. The summed E-state index contributed by atoms with van der Waals surface area (Å²) in [5.74, 6) is 1.09. The first-order valence-corrected chi connectivity index (χ1v) is 8.94. The van der Waals surface area contributed by atoms with E-state index in [4.69, 9.17) is 4.99 Å². The van der Waals surface area contributed by atoms with Gasteiger partial charge in [-0.05, 0) is 38.1 Å². The molecule has 17 heavy (non-hydrogen) atoms. The van der Waals surface area contributed by atoms with Crippen molar-refractivity contribution >= 4 is 19.8 Å². The molecule has 0 spiro atoms. The molecule has 0 aromatic carbocycles. The highest BCUT2D eigenvalue weighted by Crippen LogP contribution is 2.30. The maximum absolute atomic E-state index is 4.75. The maximum atomic E-state index is 4.75. The molecule has 1 atom stereocenters. The van der Waals surface area contributed by atoms with Gasteiger partial charge in [0, 0.05) is 17.2 Å². The molecule has 1 nitrogen and oxygen atoms in total. The Balaban J connectivity index is 2.19. The molecule has 2 aliphatic rings. The SMILES string of the molecule is CC(C)C1=CC2=NC(C(C)C=[Si](C)C)=CC2=C1. The second-order valence-electron chi connectivity index (χ2n) is 5.50. The molecule has 0 fully saturated rings. The molecule has 1 aliphatic carbocycles. The fraction of sp³-hybridized carbons (Fsp3) is 0.467. The van der Waals surface area contributed by atoms with Crippen molar-refractivity contribution < 1.29 is 0 Å². The van der Waals surface area contributed by atoms with Crippen molar-refractivity contribution in [2.75, 3.05) is 0 Å². The third-order valence-electron chi connectivity index (χ3n) is 3.19. The van der Waals surface area contributed by atoms with Gasteiger partial charge in [-0.1, -0.05) is 39.5 Å². The topological polar surface area (TPSA) is 12.4 Å². The molecule has 0 saturated carbocycles. The minimum Gasteiger partial charge on any atom is -0.252 e. The van der Waals surface area contributed by atoms with Crippen LogP contribution < -0.4 is 0 Å². The number of hydrogen-bond acceptors (Lipinski definition) is 1. The van der Waals surface area contributed by atoms with E-state index in [1.54, 1.807) is 0 Å². The Bertz CT molecular complexity index is 483. The average Bonchev–Trinajstić information content (AvgIpc) is 2.71. The van der Waals surface area contributed by atoms with Crippen molar-refractivity contribution in [3.8, 4) is 0 Å². The van der Waals surface area contributed by atoms with E-state index < -0.39 is 0 Å². The van der Waals surface area contributed by atoms with Crippen molar-refractivity contribution in [3.05, 3.63) is 35.1 Å². The van der Waals surface area contributed by atoms with Crippen LogP contribution in [-0.4, -0.2) is 19.8 Å². The van der Waals surface area contributed by atoms with Crippen LogP contribution in [0.4, 0.5) is 0 Å². The third kappa shape index (κ3) is 2.63. The lowest BCUT2D eigenvalue weighted by Crippen LogP contribution is -2.05. The standard InChI is InChI=1S/C15H21NSi/c1-10(2)12-6-13-8-14(16-15(13)7-12)11(3)9-17(4)5/h6-11H,1-5H3. The molecule has 90 valence electrons. The number of hydrogen-bond donors (Lipinski definition) is 0. The maximum Gasteiger partial charge on any atom is 0.0709 e. The van der Waals surface area contributed by atoms with E-state index in [0.29, 0.717) is 11.8 Å². The lowest BCUT2D eigenvalue weighted by molar-refractivity contribution is 0.794. The van der Waals surface area contributed by atoms with Gasteiger partial charge in [0.05, 0.1) is 5.71 Å². The van der Waals surface area contributed by atoms with Gasteiger partial charge in [-0.25, -0.2) is 0 Å². The van der Waals surface area contributed by atoms with Gasteiger partial charge in [0.25, 0.3) is 0 Å². The van der Waals surface area contributed by atoms with Gasteiger partial charge in [0.2, 0.25) is 0 Å². The molecule has 0 aromatic rings. The quantitative estimate of drug-likeness (QED) is 0.671. The molecule has 1 unspecified atom stereocenters. The predicted octanol–water partition coefficient (Wildman–Crippen LogP) is 3.62. The monoisotopic (exact) mass is 243 g/mol. The van der Waals surface area contributed by atoms with E-state index in [9.17, 15) is 0 Å². The summed E-state index contributed by atoms with van der Waals surface area (Å²) in [6, 6.07) is 0. The van der Waals surface area contributed by atoms with E-state index in [1.165, 1.54) is 22.6 Å². The first-order chi connectivity index (χ1) is 7.97. The molecule has 2 rings (SSSR count). The van der Waals surface area contributed by atoms with Crippen LogP contribution in [0.25, 0.3) is 0 Å². The number of fused-ring (bicyclic) bond motifs is 1. The highest BCUT2D eigenvalue weighted by molar-refractivity contribution is 6.63. The summed E-state index contributed by atoms with van der Waals surface area (Å²) in [6.07, 6.45) is 6.78. The van der Waals surface area contributed by atoms with Crippen molar-refractivity contribution in [1.82, 2.24) is 0 Å². The van der Waals surface area contributed by atoms with Gasteiger partial charge in [-0.3, -0.25) is 4.99 Å². The lowest BCUT2D eigenvalue weighted by atomic mass is 10.0. The summed E-state index contributed by atoms with van der Waals surface area (Å²) in [6.45, 7) is 11.4. The first-order valence-electron chi connectivity index (χ1n) is 6.36. The molecule has 0 bridgehead atoms. The zero-order valence-corrected chi connectivity index (χ0v) is 12.4. The molecule has 0 radical (unpaired) electrons. The van der Waals surface area contributed by atoms with E-state index in [2.05, 4.69) is 57.8 Å². The fourth-order valence-corrected chi connectivity index (χ4v) is 3.40. The Hall–Kier alpha value is -1.02. The third-order valence-corrected chi connectivity index (χ3v) is 4.36. The minimum absolute atomic E-state index is 0.287. The summed E-state index contributed by atoms with van der Waals surface area (Å²) in [5.41, 5.74) is 7.57. The van der Waals surface area contributed by atoms with Crippen molar-refractivity contribution in [2.45, 2.75) is 33.9 Å². The van der Waals surface area contributed by atoms with Crippen LogP contribution in [0.15, 0.2) is 40.1 Å². The largest absolute Gasteiger partial charge is 0.252 e. The van der Waals surface area contributed by atoms with Crippen molar-refractivity contribution in [3.63, 3.8) is 0 Å². The Labute approximate surface area is 106 Å². The van der Waals surface area contributed by atoms with Crippen LogP contribution in [-0.2, 0) is 0 Å². The summed E-state index contributed by atoms with van der Waals surface area (Å²) >= 11 is 0. The van der Waals surface area contributed by atoms with Crippen molar-refractivity contribution in [1.29, 1.82) is 0 Å². The number of rotatable bonds is 3. The van der Waals surface area contributed by atoms with Crippen LogP contribution in [0.3, 0.4) is 0 Å². The number of nitrogens with zero attached hydrogens (tertiary/aromatic N) is 1. The molecule has 2 heteroatoms. The van der Waals surface area contributed by atoms with Crippen molar-refractivity contribution in [2.24, 2.45) is 16.8 Å². The van der Waals surface area contributed by atoms with Crippen LogP contribution in [0.1, 0.15) is 20.8 Å². The number of aliphatic imine (C=N–C) groups is 1. The van der Waals surface area contributed by atoms with Gasteiger partial charge >= 0.3 is 0 Å². The summed E-state index contributed by atoms with van der Waals surface area (Å²) in [5, 5.41) is 0. The van der Waals surface area contributed by atoms with Gasteiger partial charge in [0.15, 0.2) is 0 Å². The zero-order chi connectivity index (χ0) is 12.6. The Kier molecular flexibility index (Phi) is 3.43. The second-order valence-corrected chi connectivity index (χ2v) is 7.99. The van der Waals surface area contributed by atoms with Gasteiger partial charge in [-0.2, -0.15) is 0 Å². The highest BCUT2D eigenvalue weighted by atomic mass is 28.2. The van der Waals surface area contributed by atoms with Gasteiger partial charge < -0.3 is 0 Å².